The van der Waals surface area contributed by atoms with Crippen molar-refractivity contribution >= 4 is 12.1 Å². The monoisotopic (exact) mass is 223 g/mol. The van der Waals surface area contributed by atoms with E-state index in [1.807, 2.05) is 0 Å². The number of carboxylic acids is 1. The van der Waals surface area contributed by atoms with Crippen molar-refractivity contribution in [1.82, 2.24) is 5.32 Å². The highest BCUT2D eigenvalue weighted by molar-refractivity contribution is 5.80. The van der Waals surface area contributed by atoms with Crippen LogP contribution in [0, 0.1) is 0 Å². The van der Waals surface area contributed by atoms with E-state index in [9.17, 15) is 9.59 Å². The summed E-state index contributed by atoms with van der Waals surface area (Å²) in [5, 5.41) is 11.0. The Morgan fingerprint density at radius 2 is 2.00 bits per heavy atom. The number of carboxylic acid groups (broad SMARTS) is 1. The fourth-order valence-corrected chi connectivity index (χ4v) is 1.11. The number of aliphatic carboxylic acids is 1. The molecule has 0 aromatic heterocycles. The second-order valence-corrected chi connectivity index (χ2v) is 3.15. The molecule has 1 aromatic carbocycles. The number of hydrogen-bond donors (Lipinski definition) is 2. The van der Waals surface area contributed by atoms with Gasteiger partial charge in [0, 0.05) is 0 Å². The van der Waals surface area contributed by atoms with Gasteiger partial charge >= 0.3 is 12.1 Å². The van der Waals surface area contributed by atoms with Gasteiger partial charge in [0.25, 0.3) is 0 Å². The summed E-state index contributed by atoms with van der Waals surface area (Å²) in [5.74, 6) is -0.701. The van der Waals surface area contributed by atoms with Crippen molar-refractivity contribution in [2.24, 2.45) is 0 Å². The molecule has 0 aliphatic rings. The van der Waals surface area contributed by atoms with Crippen molar-refractivity contribution in [1.29, 1.82) is 0 Å². The average Bonchev–Trinajstić information content (AvgIpc) is 2.27. The second-order valence-electron chi connectivity index (χ2n) is 3.15. The molecule has 0 saturated heterocycles. The number of hydrogen-bond acceptors (Lipinski definition) is 3. The molecule has 0 bridgehead atoms. The molecule has 1 aromatic rings. The number of para-hydroxylation sites is 1. The highest BCUT2D eigenvalue weighted by Crippen LogP contribution is 2.08. The molecule has 0 spiro atoms. The third-order valence-corrected chi connectivity index (χ3v) is 1.95. The van der Waals surface area contributed by atoms with Gasteiger partial charge in [-0.3, -0.25) is 0 Å². The maximum absolute atomic E-state index is 11.3. The van der Waals surface area contributed by atoms with Crippen LogP contribution in [0.2, 0.25) is 0 Å². The van der Waals surface area contributed by atoms with Gasteiger partial charge in [0.1, 0.15) is 11.8 Å². The fourth-order valence-electron chi connectivity index (χ4n) is 1.11. The van der Waals surface area contributed by atoms with Gasteiger partial charge in [-0.2, -0.15) is 0 Å². The molecule has 0 fully saturated rings. The normalized spacial score (nSPS) is 11.6. The van der Waals surface area contributed by atoms with E-state index >= 15 is 0 Å². The molecule has 0 heterocycles. The molecule has 5 nitrogen and oxygen atoms in total. The Balaban J connectivity index is 2.50. The number of amides is 1. The third-order valence-electron chi connectivity index (χ3n) is 1.95. The molecule has 0 saturated carbocycles. The number of benzene rings is 1. The van der Waals surface area contributed by atoms with E-state index in [0.717, 1.165) is 0 Å². The van der Waals surface area contributed by atoms with Crippen molar-refractivity contribution in [3.63, 3.8) is 0 Å². The highest BCUT2D eigenvalue weighted by Gasteiger charge is 2.18. The first kappa shape index (κ1) is 12.0. The van der Waals surface area contributed by atoms with Crippen LogP contribution in [-0.4, -0.2) is 23.2 Å². The second kappa shape index (κ2) is 5.75. The fraction of sp³-hybridized carbons (Fsp3) is 0.273. The van der Waals surface area contributed by atoms with Gasteiger partial charge < -0.3 is 15.2 Å². The van der Waals surface area contributed by atoms with E-state index in [1.54, 1.807) is 37.3 Å². The van der Waals surface area contributed by atoms with Gasteiger partial charge in [-0.05, 0) is 18.6 Å². The van der Waals surface area contributed by atoms with Crippen molar-refractivity contribution in [3.05, 3.63) is 30.3 Å². The number of nitrogens with one attached hydrogen (secondary N) is 1. The molecule has 0 aliphatic heterocycles. The van der Waals surface area contributed by atoms with Crippen molar-refractivity contribution in [2.75, 3.05) is 0 Å². The summed E-state index contributed by atoms with van der Waals surface area (Å²) in [6.07, 6.45) is -0.459. The molecule has 16 heavy (non-hydrogen) atoms. The van der Waals surface area contributed by atoms with E-state index in [0.29, 0.717) is 12.2 Å². The van der Waals surface area contributed by atoms with Gasteiger partial charge in [0.2, 0.25) is 0 Å². The van der Waals surface area contributed by atoms with E-state index in [1.165, 1.54) is 0 Å². The summed E-state index contributed by atoms with van der Waals surface area (Å²) in [6.45, 7) is 1.67. The van der Waals surface area contributed by atoms with Crippen molar-refractivity contribution < 1.29 is 19.4 Å². The summed E-state index contributed by atoms with van der Waals surface area (Å²) >= 11 is 0. The van der Waals surface area contributed by atoms with Crippen LogP contribution in [-0.2, 0) is 4.79 Å². The summed E-state index contributed by atoms with van der Waals surface area (Å²) in [6, 6.07) is 7.53. The summed E-state index contributed by atoms with van der Waals surface area (Å²) in [4.78, 5) is 21.9. The average molecular weight is 223 g/mol. The minimum absolute atomic E-state index is 0.305. The first-order valence-corrected chi connectivity index (χ1v) is 4.89. The molecule has 2 N–H and O–H groups in total. The lowest BCUT2D eigenvalue weighted by Crippen LogP contribution is -2.41. The molecule has 5 heteroatoms. The van der Waals surface area contributed by atoms with E-state index in [4.69, 9.17) is 9.84 Å². The number of carbonyl (C=O) groups excluding carboxylic acids is 1. The zero-order valence-electron chi connectivity index (χ0n) is 8.84. The minimum Gasteiger partial charge on any atom is -0.480 e. The SMILES string of the molecule is CC[C@@H](NC(=O)Oc1ccccc1)C(=O)O. The van der Waals surface area contributed by atoms with Crippen LogP contribution in [0.15, 0.2) is 30.3 Å². The standard InChI is InChI=1S/C11H13NO4/c1-2-9(10(13)14)12-11(15)16-8-6-4-3-5-7-8/h3-7,9H,2H2,1H3,(H,12,15)(H,13,14)/t9-/m1/s1. The van der Waals surface area contributed by atoms with E-state index in [2.05, 4.69) is 5.32 Å². The Labute approximate surface area is 93.0 Å². The molecule has 86 valence electrons. The Bertz CT molecular complexity index is 364. The first-order valence-electron chi connectivity index (χ1n) is 4.89. The molecule has 1 amide bonds. The molecule has 0 aliphatic carbocycles. The topological polar surface area (TPSA) is 75.6 Å². The van der Waals surface area contributed by atoms with Gasteiger partial charge in [0.05, 0.1) is 0 Å². The molecule has 0 radical (unpaired) electrons. The lowest BCUT2D eigenvalue weighted by molar-refractivity contribution is -0.139. The maximum Gasteiger partial charge on any atom is 0.413 e. The summed E-state index contributed by atoms with van der Waals surface area (Å²) < 4.78 is 4.88. The van der Waals surface area contributed by atoms with Crippen molar-refractivity contribution in [2.45, 2.75) is 19.4 Å². The predicted octanol–water partition coefficient (Wildman–Crippen LogP) is 1.64. The van der Waals surface area contributed by atoms with Crippen LogP contribution >= 0.6 is 0 Å². The van der Waals surface area contributed by atoms with Crippen LogP contribution in [0.3, 0.4) is 0 Å². The van der Waals surface area contributed by atoms with E-state index < -0.39 is 18.1 Å². The first-order chi connectivity index (χ1) is 7.63. The lowest BCUT2D eigenvalue weighted by Gasteiger charge is -2.11. The Morgan fingerprint density at radius 3 is 2.50 bits per heavy atom. The quantitative estimate of drug-likeness (QED) is 0.813. The smallest absolute Gasteiger partial charge is 0.413 e. The van der Waals surface area contributed by atoms with Gasteiger partial charge in [-0.25, -0.2) is 9.59 Å². The van der Waals surface area contributed by atoms with Crippen LogP contribution in [0.5, 0.6) is 5.75 Å². The molecular weight excluding hydrogens is 210 g/mol. The zero-order valence-corrected chi connectivity index (χ0v) is 8.84. The van der Waals surface area contributed by atoms with Crippen LogP contribution in [0.25, 0.3) is 0 Å². The summed E-state index contributed by atoms with van der Waals surface area (Å²) in [7, 11) is 0. The van der Waals surface area contributed by atoms with E-state index in [-0.39, 0.29) is 0 Å². The Hall–Kier alpha value is -2.04. The van der Waals surface area contributed by atoms with Crippen LogP contribution in [0.1, 0.15) is 13.3 Å². The van der Waals surface area contributed by atoms with Gasteiger partial charge in [-0.15, -0.1) is 0 Å². The number of carbonyl (C=O) groups is 2. The predicted molar refractivity (Wildman–Crippen MR) is 57.3 cm³/mol. The molecule has 1 atom stereocenters. The number of rotatable bonds is 4. The molecule has 0 unspecified atom stereocenters. The number of ether oxygens (including phenoxy) is 1. The third kappa shape index (κ3) is 3.61. The maximum atomic E-state index is 11.3. The van der Waals surface area contributed by atoms with Gasteiger partial charge in [-0.1, -0.05) is 25.1 Å². The molecular formula is C11H13NO4. The van der Waals surface area contributed by atoms with Crippen LogP contribution < -0.4 is 10.1 Å². The van der Waals surface area contributed by atoms with Gasteiger partial charge in [0.15, 0.2) is 0 Å². The lowest BCUT2D eigenvalue weighted by atomic mass is 10.2. The van der Waals surface area contributed by atoms with Crippen molar-refractivity contribution in [3.8, 4) is 5.75 Å². The largest absolute Gasteiger partial charge is 0.480 e. The highest BCUT2D eigenvalue weighted by atomic mass is 16.6. The Morgan fingerprint density at radius 1 is 1.38 bits per heavy atom. The zero-order chi connectivity index (χ0) is 12.0. The molecule has 1 rings (SSSR count). The minimum atomic E-state index is -1.08. The summed E-state index contributed by atoms with van der Waals surface area (Å²) in [5.41, 5.74) is 0. The Kier molecular flexibility index (Phi) is 4.32. The van der Waals surface area contributed by atoms with Crippen LogP contribution in [0.4, 0.5) is 4.79 Å².